The van der Waals surface area contributed by atoms with E-state index in [0.29, 0.717) is 22.9 Å². The van der Waals surface area contributed by atoms with Gasteiger partial charge in [-0.25, -0.2) is 19.3 Å². The molecule has 0 unspecified atom stereocenters. The summed E-state index contributed by atoms with van der Waals surface area (Å²) in [4.78, 5) is 116. The monoisotopic (exact) mass is 1130 g/mol. The van der Waals surface area contributed by atoms with Crippen molar-refractivity contribution in [3.05, 3.63) is 167 Å². The number of nitrogens with one attached hydrogen (secondary N) is 4. The first-order valence-electron chi connectivity index (χ1n) is 28.0. The molecule has 83 heavy (non-hydrogen) atoms. The normalized spacial score (nSPS) is 18.0. The SMILES string of the molecule is CC(C)[C@H](NC(=O)CCCC(=O)ON1C(=O)CCC1=O)C(=O)N[C@@H](CCCNC(N)=O)C(=O)Nc1ccc(COC(=O)N2/C(=C/C=C3\CN(C)CC(/C=C/C4=Nc5ccccc5C4(C)C)=C3c3ccccc3)C(C)(C)c3ccccc32)cc1. The number of hydrogen-bond donors (Lipinski definition) is 5. The van der Waals surface area contributed by atoms with Crippen LogP contribution in [-0.4, -0.2) is 102 Å². The number of primary amides is 1. The number of carbonyl (C=O) groups excluding carboxylic acids is 8. The molecule has 0 aromatic heterocycles. The Hall–Kier alpha value is -8.97. The standard InChI is InChI=1S/C64H73N9O10/c1-40(2)58(70-53(74)24-15-25-56(77)83-73-54(75)34-35-55(73)76)60(79)69-49(22-16-36-66-61(65)80)59(78)67-45-30-26-41(27-31-45)39-82-62(81)72-50-23-14-12-20-47(50)64(5,6)52(72)33-29-44-38-71(7)37-43(57(44)42-17-9-8-10-18-42)28-32-51-63(3,4)46-19-11-13-21-48(46)68-51/h8-14,17-21,23,26-33,40,49,58H,15-16,22,24-25,34-39H2,1-7H3,(H,67,78)(H,69,79)(H,70,74)(H3,65,66,80)/b32-28+,44-29+,52-33+/t49-,58-/m0/s1. The number of hydrogen-bond acceptors (Lipinski definition) is 12. The third-order valence-electron chi connectivity index (χ3n) is 15.2. The quantitative estimate of drug-likeness (QED) is 0.0390. The Bertz CT molecular complexity index is 3310. The van der Waals surface area contributed by atoms with E-state index in [0.717, 1.165) is 57.2 Å². The molecule has 4 aromatic rings. The van der Waals surface area contributed by atoms with Crippen LogP contribution in [0.1, 0.15) is 109 Å². The second-order valence-electron chi connectivity index (χ2n) is 22.6. The number of amides is 8. The maximum Gasteiger partial charge on any atom is 0.419 e. The molecule has 8 amide bonds. The van der Waals surface area contributed by atoms with Crippen LogP contribution in [0, 0.1) is 5.92 Å². The first-order valence-corrected chi connectivity index (χ1v) is 28.0. The summed E-state index contributed by atoms with van der Waals surface area (Å²) in [5, 5.41) is 11.2. The average Bonchev–Trinajstić information content (AvgIpc) is 2.30. The van der Waals surface area contributed by atoms with Crippen LogP contribution < -0.4 is 31.9 Å². The highest BCUT2D eigenvalue weighted by molar-refractivity contribution is 6.09. The third-order valence-corrected chi connectivity index (χ3v) is 15.2. The second kappa shape index (κ2) is 26.3. The lowest BCUT2D eigenvalue weighted by Crippen LogP contribution is -2.54. The number of imide groups is 1. The number of ether oxygens (including phenoxy) is 1. The van der Waals surface area contributed by atoms with Gasteiger partial charge in [-0.15, -0.1) is 5.06 Å². The van der Waals surface area contributed by atoms with Crippen LogP contribution in [0.25, 0.3) is 5.57 Å². The summed E-state index contributed by atoms with van der Waals surface area (Å²) in [5.41, 5.74) is 15.5. The van der Waals surface area contributed by atoms with Crippen molar-refractivity contribution in [2.75, 3.05) is 36.9 Å². The molecule has 0 saturated carbocycles. The number of aliphatic imine (C=N–C) groups is 1. The number of urea groups is 1. The number of allylic oxidation sites excluding steroid dienone is 4. The number of anilines is 2. The van der Waals surface area contributed by atoms with Crippen molar-refractivity contribution in [1.82, 2.24) is 25.9 Å². The van der Waals surface area contributed by atoms with Gasteiger partial charge in [-0.05, 0) is 108 Å². The molecule has 4 aromatic carbocycles. The Morgan fingerprint density at radius 2 is 1.42 bits per heavy atom. The van der Waals surface area contributed by atoms with E-state index in [2.05, 4.69) is 109 Å². The molecule has 4 heterocycles. The van der Waals surface area contributed by atoms with Crippen LogP contribution in [0.3, 0.4) is 0 Å². The fourth-order valence-corrected chi connectivity index (χ4v) is 10.7. The molecule has 4 aliphatic heterocycles. The molecule has 6 N–H and O–H groups in total. The molecule has 4 aliphatic rings. The predicted octanol–water partition coefficient (Wildman–Crippen LogP) is 8.74. The zero-order valence-electron chi connectivity index (χ0n) is 48.1. The fraction of sp³-hybridized carbons (Fsp3) is 0.359. The molecule has 19 nitrogen and oxygen atoms in total. The Morgan fingerprint density at radius 3 is 2.11 bits per heavy atom. The molecule has 19 heteroatoms. The van der Waals surface area contributed by atoms with Crippen LogP contribution in [0.4, 0.5) is 26.7 Å². The highest BCUT2D eigenvalue weighted by Gasteiger charge is 2.44. The van der Waals surface area contributed by atoms with Crippen molar-refractivity contribution in [2.45, 2.75) is 116 Å². The topological polar surface area (TPSA) is 251 Å². The summed E-state index contributed by atoms with van der Waals surface area (Å²) in [7, 11) is 2.11. The molecule has 0 radical (unpaired) electrons. The zero-order valence-corrected chi connectivity index (χ0v) is 48.1. The number of fused-ring (bicyclic) bond motifs is 2. The van der Waals surface area contributed by atoms with Gasteiger partial charge in [0.15, 0.2) is 0 Å². The number of nitrogens with zero attached hydrogens (tertiary/aromatic N) is 4. The minimum atomic E-state index is -1.12. The molecule has 0 spiro atoms. The molecule has 434 valence electrons. The van der Waals surface area contributed by atoms with Gasteiger partial charge in [0.2, 0.25) is 17.7 Å². The lowest BCUT2D eigenvalue weighted by Gasteiger charge is -2.30. The van der Waals surface area contributed by atoms with E-state index in [-0.39, 0.29) is 63.5 Å². The zero-order chi connectivity index (χ0) is 59.6. The molecule has 0 bridgehead atoms. The average molecular weight is 1130 g/mol. The van der Waals surface area contributed by atoms with Gasteiger partial charge >= 0.3 is 18.1 Å². The van der Waals surface area contributed by atoms with Gasteiger partial charge in [0.1, 0.15) is 18.7 Å². The molecule has 1 fully saturated rings. The van der Waals surface area contributed by atoms with Crippen LogP contribution in [0.5, 0.6) is 0 Å². The summed E-state index contributed by atoms with van der Waals surface area (Å²) in [6.45, 7) is 13.5. The lowest BCUT2D eigenvalue weighted by atomic mass is 9.81. The Kier molecular flexibility index (Phi) is 19.1. The van der Waals surface area contributed by atoms with Gasteiger partial charge in [0.05, 0.1) is 17.1 Å². The smallest absolute Gasteiger partial charge is 0.419 e. The lowest BCUT2D eigenvalue weighted by molar-refractivity contribution is -0.197. The maximum absolute atomic E-state index is 14.5. The first-order chi connectivity index (χ1) is 39.6. The number of hydroxylamine groups is 2. The van der Waals surface area contributed by atoms with E-state index in [9.17, 15) is 38.4 Å². The van der Waals surface area contributed by atoms with Gasteiger partial charge in [-0.3, -0.25) is 33.9 Å². The van der Waals surface area contributed by atoms with E-state index in [1.54, 1.807) is 43.0 Å². The van der Waals surface area contributed by atoms with Gasteiger partial charge in [-0.1, -0.05) is 133 Å². The minimum Gasteiger partial charge on any atom is -0.444 e. The second-order valence-corrected chi connectivity index (χ2v) is 22.6. The van der Waals surface area contributed by atoms with Crippen LogP contribution in [0.15, 0.2) is 149 Å². The van der Waals surface area contributed by atoms with Crippen molar-refractivity contribution >= 4 is 76.0 Å². The molecular formula is C64H73N9O10. The number of nitrogens with two attached hydrogens (primary N) is 1. The van der Waals surface area contributed by atoms with Crippen molar-refractivity contribution in [2.24, 2.45) is 16.6 Å². The van der Waals surface area contributed by atoms with Gasteiger partial charge < -0.3 is 36.6 Å². The Morgan fingerprint density at radius 1 is 0.747 bits per heavy atom. The molecule has 2 atom stereocenters. The fourth-order valence-electron chi connectivity index (χ4n) is 10.7. The maximum atomic E-state index is 14.5. The Balaban J connectivity index is 0.943. The van der Waals surface area contributed by atoms with Crippen molar-refractivity contribution < 1.29 is 47.9 Å². The van der Waals surface area contributed by atoms with E-state index in [1.807, 2.05) is 54.6 Å². The number of para-hydroxylation sites is 2. The molecule has 0 aliphatic carbocycles. The third kappa shape index (κ3) is 14.4. The van der Waals surface area contributed by atoms with Gasteiger partial charge in [0, 0.05) is 67.5 Å². The Labute approximate surface area is 484 Å². The van der Waals surface area contributed by atoms with E-state index < -0.39 is 71.0 Å². The summed E-state index contributed by atoms with van der Waals surface area (Å²) < 4.78 is 6.08. The largest absolute Gasteiger partial charge is 0.444 e. The summed E-state index contributed by atoms with van der Waals surface area (Å²) in [6, 6.07) is 30.3. The van der Waals surface area contributed by atoms with Crippen LogP contribution in [-0.2, 0) is 55.8 Å². The van der Waals surface area contributed by atoms with Crippen molar-refractivity contribution in [3.63, 3.8) is 0 Å². The van der Waals surface area contributed by atoms with E-state index >= 15 is 0 Å². The van der Waals surface area contributed by atoms with Gasteiger partial charge in [0.25, 0.3) is 11.8 Å². The predicted molar refractivity (Wildman–Crippen MR) is 316 cm³/mol. The highest BCUT2D eigenvalue weighted by Crippen LogP contribution is 2.48. The minimum absolute atomic E-state index is 0.00893. The van der Waals surface area contributed by atoms with E-state index in [1.165, 1.54) is 5.56 Å². The number of carbonyl (C=O) groups is 8. The molecule has 8 rings (SSSR count). The first kappa shape index (κ1) is 60.1. The summed E-state index contributed by atoms with van der Waals surface area (Å²) in [5.74, 6) is -4.28. The van der Waals surface area contributed by atoms with Crippen molar-refractivity contribution in [3.8, 4) is 0 Å². The van der Waals surface area contributed by atoms with Crippen LogP contribution in [0.2, 0.25) is 0 Å². The summed E-state index contributed by atoms with van der Waals surface area (Å²) >= 11 is 0. The molecular weight excluding hydrogens is 1050 g/mol. The van der Waals surface area contributed by atoms with Crippen LogP contribution >= 0.6 is 0 Å². The van der Waals surface area contributed by atoms with E-state index in [4.69, 9.17) is 20.3 Å². The van der Waals surface area contributed by atoms with Gasteiger partial charge in [-0.2, -0.15) is 0 Å². The van der Waals surface area contributed by atoms with Crippen molar-refractivity contribution in [1.29, 1.82) is 0 Å². The summed E-state index contributed by atoms with van der Waals surface area (Å²) in [6.07, 6.45) is 7.78. The molecule has 1 saturated heterocycles. The number of rotatable bonds is 21. The number of benzene rings is 4. The highest BCUT2D eigenvalue weighted by atomic mass is 16.7. The number of likely N-dealkylation sites (N-methyl/N-ethyl adjacent to an activating group) is 1.